The normalized spacial score (nSPS) is 11.1. The fourth-order valence-corrected chi connectivity index (χ4v) is 2.94. The molecule has 0 saturated carbocycles. The Morgan fingerprint density at radius 2 is 1.85 bits per heavy atom. The number of hydrogen-bond acceptors (Lipinski definition) is 5. The van der Waals surface area contributed by atoms with E-state index in [1.807, 2.05) is 22.6 Å². The van der Waals surface area contributed by atoms with E-state index in [1.165, 1.54) is 4.57 Å². The summed E-state index contributed by atoms with van der Waals surface area (Å²) in [5.74, 6) is 0.688. The molecule has 4 rings (SSSR count). The lowest BCUT2D eigenvalue weighted by atomic mass is 10.2. The number of aryl methyl sites for hydroxylation is 1. The number of anilines is 1. The van der Waals surface area contributed by atoms with Crippen molar-refractivity contribution in [2.75, 3.05) is 5.32 Å². The molecule has 4 aromatic rings. The number of rotatable bonds is 4. The van der Waals surface area contributed by atoms with Crippen molar-refractivity contribution in [1.29, 1.82) is 0 Å². The van der Waals surface area contributed by atoms with E-state index < -0.39 is 5.91 Å². The predicted octanol–water partition coefficient (Wildman–Crippen LogP) is 1.29. The Hall–Kier alpha value is -3.68. The van der Waals surface area contributed by atoms with Crippen molar-refractivity contribution in [3.63, 3.8) is 0 Å². The van der Waals surface area contributed by atoms with E-state index in [1.54, 1.807) is 37.4 Å². The van der Waals surface area contributed by atoms with Gasteiger partial charge in [-0.3, -0.25) is 18.6 Å². The predicted molar refractivity (Wildman–Crippen MR) is 98.0 cm³/mol. The first-order valence-corrected chi connectivity index (χ1v) is 8.02. The Morgan fingerprint density at radius 3 is 2.58 bits per heavy atom. The molecule has 2 aromatic heterocycles. The van der Waals surface area contributed by atoms with Crippen LogP contribution in [-0.4, -0.2) is 25.1 Å². The van der Waals surface area contributed by atoms with Gasteiger partial charge in [0.2, 0.25) is 11.7 Å². The number of nitrogens with zero attached hydrogens (tertiary/aromatic N) is 4. The number of nitrogens with one attached hydrogen (secondary N) is 1. The second-order valence-electron chi connectivity index (χ2n) is 5.93. The number of carbonyl (C=O) groups is 1. The molecule has 8 heteroatoms. The molecule has 130 valence electrons. The summed E-state index contributed by atoms with van der Waals surface area (Å²) in [6.07, 6.45) is 0. The summed E-state index contributed by atoms with van der Waals surface area (Å²) in [6.45, 7) is 0.402. The molecule has 0 radical (unpaired) electrons. The maximum absolute atomic E-state index is 12.4. The van der Waals surface area contributed by atoms with Crippen LogP contribution < -0.4 is 16.6 Å². The number of carbonyl (C=O) groups excluding carboxylic acids is 1. The zero-order valence-electron chi connectivity index (χ0n) is 14.0. The van der Waals surface area contributed by atoms with Gasteiger partial charge in [0, 0.05) is 18.3 Å². The van der Waals surface area contributed by atoms with Gasteiger partial charge in [-0.05, 0) is 36.4 Å². The summed E-state index contributed by atoms with van der Waals surface area (Å²) < 4.78 is 3.35. The van der Waals surface area contributed by atoms with Gasteiger partial charge in [-0.2, -0.15) is 0 Å². The van der Waals surface area contributed by atoms with Gasteiger partial charge in [-0.1, -0.05) is 12.1 Å². The fraction of sp³-hybridized carbons (Fsp3) is 0.111. The van der Waals surface area contributed by atoms with Crippen molar-refractivity contribution in [1.82, 2.24) is 19.2 Å². The van der Waals surface area contributed by atoms with E-state index in [0.717, 1.165) is 11.2 Å². The Morgan fingerprint density at radius 1 is 1.12 bits per heavy atom. The molecule has 0 atom stereocenters. The molecule has 0 bridgehead atoms. The maximum atomic E-state index is 12.4. The van der Waals surface area contributed by atoms with Crippen LogP contribution in [0.2, 0.25) is 0 Å². The molecule has 3 N–H and O–H groups in total. The topological polar surface area (TPSA) is 107 Å². The highest BCUT2D eigenvalue weighted by molar-refractivity contribution is 5.93. The van der Waals surface area contributed by atoms with Crippen LogP contribution >= 0.6 is 0 Å². The molecule has 2 aromatic carbocycles. The molecular formula is C18H16N6O2. The third-order valence-electron chi connectivity index (χ3n) is 4.31. The molecule has 0 aliphatic carbocycles. The number of para-hydroxylation sites is 1. The summed E-state index contributed by atoms with van der Waals surface area (Å²) in [6, 6.07) is 14.2. The minimum Gasteiger partial charge on any atom is -0.378 e. The standard InChI is InChI=1S/C18H16N6O2/c1-23-17(26)13-4-2-3-5-14(13)24-15(21-22-18(23)24)10-20-12-8-6-11(7-9-12)16(19)25/h2-9,20H,10H2,1H3,(H2,19,25). The van der Waals surface area contributed by atoms with Crippen LogP contribution in [0.3, 0.4) is 0 Å². The lowest BCUT2D eigenvalue weighted by Gasteiger charge is -2.09. The number of nitrogens with two attached hydrogens (primary N) is 1. The van der Waals surface area contributed by atoms with Gasteiger partial charge < -0.3 is 11.1 Å². The number of amides is 1. The number of primary amides is 1. The van der Waals surface area contributed by atoms with E-state index in [2.05, 4.69) is 15.5 Å². The summed E-state index contributed by atoms with van der Waals surface area (Å²) in [7, 11) is 1.68. The molecule has 0 unspecified atom stereocenters. The van der Waals surface area contributed by atoms with Crippen molar-refractivity contribution in [3.05, 3.63) is 70.3 Å². The van der Waals surface area contributed by atoms with Crippen LogP contribution in [0.15, 0.2) is 53.3 Å². The first-order chi connectivity index (χ1) is 12.6. The molecule has 8 nitrogen and oxygen atoms in total. The van der Waals surface area contributed by atoms with Crippen molar-refractivity contribution in [3.8, 4) is 0 Å². The molecule has 0 saturated heterocycles. The average molecular weight is 348 g/mol. The third-order valence-corrected chi connectivity index (χ3v) is 4.31. The average Bonchev–Trinajstić information content (AvgIpc) is 3.09. The maximum Gasteiger partial charge on any atom is 0.262 e. The van der Waals surface area contributed by atoms with E-state index >= 15 is 0 Å². The van der Waals surface area contributed by atoms with Gasteiger partial charge in [0.25, 0.3) is 5.56 Å². The number of benzene rings is 2. The van der Waals surface area contributed by atoms with E-state index in [4.69, 9.17) is 5.73 Å². The van der Waals surface area contributed by atoms with Gasteiger partial charge >= 0.3 is 0 Å². The highest BCUT2D eigenvalue weighted by Gasteiger charge is 2.14. The Bertz CT molecular complexity index is 1190. The molecule has 26 heavy (non-hydrogen) atoms. The highest BCUT2D eigenvalue weighted by Crippen LogP contribution is 2.15. The van der Waals surface area contributed by atoms with Crippen molar-refractivity contribution < 1.29 is 4.79 Å². The summed E-state index contributed by atoms with van der Waals surface area (Å²) in [4.78, 5) is 23.6. The Balaban J connectivity index is 1.73. The first kappa shape index (κ1) is 15.8. The smallest absolute Gasteiger partial charge is 0.262 e. The van der Waals surface area contributed by atoms with Crippen LogP contribution in [0.1, 0.15) is 16.2 Å². The lowest BCUT2D eigenvalue weighted by Crippen LogP contribution is -2.20. The second kappa shape index (κ2) is 5.99. The van der Waals surface area contributed by atoms with Crippen LogP contribution in [-0.2, 0) is 13.6 Å². The quantitative estimate of drug-likeness (QED) is 0.578. The zero-order valence-corrected chi connectivity index (χ0v) is 14.0. The monoisotopic (exact) mass is 348 g/mol. The lowest BCUT2D eigenvalue weighted by molar-refractivity contribution is 0.100. The largest absolute Gasteiger partial charge is 0.378 e. The van der Waals surface area contributed by atoms with Gasteiger partial charge in [-0.25, -0.2) is 0 Å². The number of hydrogen-bond donors (Lipinski definition) is 2. The minimum absolute atomic E-state index is 0.109. The van der Waals surface area contributed by atoms with Gasteiger partial charge in [0.05, 0.1) is 17.4 Å². The number of aromatic nitrogens is 4. The molecular weight excluding hydrogens is 332 g/mol. The van der Waals surface area contributed by atoms with Crippen LogP contribution in [0.5, 0.6) is 0 Å². The summed E-state index contributed by atoms with van der Waals surface area (Å²) in [5.41, 5.74) is 7.17. The Kier molecular flexibility index (Phi) is 3.65. The second-order valence-corrected chi connectivity index (χ2v) is 5.93. The van der Waals surface area contributed by atoms with Gasteiger partial charge in [-0.15, -0.1) is 10.2 Å². The highest BCUT2D eigenvalue weighted by atomic mass is 16.1. The summed E-state index contributed by atoms with van der Waals surface area (Å²) in [5, 5.41) is 12.2. The molecule has 2 heterocycles. The van der Waals surface area contributed by atoms with Crippen LogP contribution in [0, 0.1) is 0 Å². The van der Waals surface area contributed by atoms with Crippen molar-refractivity contribution in [2.24, 2.45) is 12.8 Å². The fourth-order valence-electron chi connectivity index (χ4n) is 2.94. The van der Waals surface area contributed by atoms with Crippen LogP contribution in [0.4, 0.5) is 5.69 Å². The molecule has 0 fully saturated rings. The van der Waals surface area contributed by atoms with E-state index in [-0.39, 0.29) is 5.56 Å². The summed E-state index contributed by atoms with van der Waals surface area (Å²) >= 11 is 0. The van der Waals surface area contributed by atoms with Crippen molar-refractivity contribution in [2.45, 2.75) is 6.54 Å². The number of fused-ring (bicyclic) bond motifs is 3. The molecule has 0 spiro atoms. The molecule has 0 aliphatic rings. The Labute approximate surface area is 147 Å². The molecule has 0 aliphatic heterocycles. The van der Waals surface area contributed by atoms with Gasteiger partial charge in [0.1, 0.15) is 0 Å². The minimum atomic E-state index is -0.465. The molecule has 1 amide bonds. The first-order valence-electron chi connectivity index (χ1n) is 8.02. The van der Waals surface area contributed by atoms with Crippen molar-refractivity contribution >= 4 is 28.3 Å². The van der Waals surface area contributed by atoms with E-state index in [0.29, 0.717) is 29.1 Å². The van der Waals surface area contributed by atoms with Gasteiger partial charge in [0.15, 0.2) is 5.82 Å². The SMILES string of the molecule is Cn1c(=O)c2ccccc2n2c(CNc3ccc(C(N)=O)cc3)nnc12. The zero-order chi connectivity index (χ0) is 18.3. The van der Waals surface area contributed by atoms with E-state index in [9.17, 15) is 9.59 Å². The third kappa shape index (κ3) is 2.48. The van der Waals surface area contributed by atoms with Crippen LogP contribution in [0.25, 0.3) is 16.7 Å².